The lowest BCUT2D eigenvalue weighted by atomic mass is 10.2. The first-order chi connectivity index (χ1) is 17.9. The number of nitrogens with one attached hydrogen (secondary N) is 1. The topological polar surface area (TPSA) is 88.2 Å². The molecule has 37 heavy (non-hydrogen) atoms. The molecule has 10 heteroatoms. The summed E-state index contributed by atoms with van der Waals surface area (Å²) in [4.78, 5) is 16.1. The maximum atomic E-state index is 13.3. The van der Waals surface area contributed by atoms with Gasteiger partial charge in [0.2, 0.25) is 10.0 Å². The first kappa shape index (κ1) is 27.0. The molecule has 3 aromatic carbocycles. The number of hydrogen-bond donors (Lipinski definition) is 1. The number of anilines is 2. The number of amides is 1. The summed E-state index contributed by atoms with van der Waals surface area (Å²) in [5.74, 6) is 1.26. The van der Waals surface area contributed by atoms with Crippen molar-refractivity contribution in [2.24, 2.45) is 0 Å². The molecule has 1 N–H and O–H groups in total. The Bertz CT molecular complexity index is 1310. The van der Waals surface area contributed by atoms with Crippen molar-refractivity contribution < 1.29 is 22.7 Å². The lowest BCUT2D eigenvalue weighted by Gasteiger charge is -2.35. The van der Waals surface area contributed by atoms with E-state index in [2.05, 4.69) is 10.2 Å². The first-order valence-electron chi connectivity index (χ1n) is 11.9. The van der Waals surface area contributed by atoms with Crippen LogP contribution in [0.2, 0.25) is 0 Å². The molecule has 8 nitrogen and oxygen atoms in total. The van der Waals surface area contributed by atoms with Crippen molar-refractivity contribution in [3.05, 3.63) is 78.4 Å². The van der Waals surface area contributed by atoms with Crippen LogP contribution in [0.25, 0.3) is 0 Å². The van der Waals surface area contributed by atoms with Gasteiger partial charge in [-0.15, -0.1) is 11.8 Å². The van der Waals surface area contributed by atoms with Crippen molar-refractivity contribution in [1.29, 1.82) is 0 Å². The fourth-order valence-corrected chi connectivity index (χ4v) is 6.52. The minimum absolute atomic E-state index is 0.201. The van der Waals surface area contributed by atoms with Gasteiger partial charge in [-0.1, -0.05) is 24.3 Å². The Morgan fingerprint density at radius 2 is 1.59 bits per heavy atom. The SMILES string of the molecule is COCCSc1ccccc1C(=O)Nc1ccc(S(=O)(=O)N2CCN(c3ccccc3OC)CC2)cc1. The van der Waals surface area contributed by atoms with Gasteiger partial charge in [0, 0.05) is 49.6 Å². The highest BCUT2D eigenvalue weighted by molar-refractivity contribution is 7.99. The summed E-state index contributed by atoms with van der Waals surface area (Å²) in [5, 5.41) is 2.87. The van der Waals surface area contributed by atoms with Crippen molar-refractivity contribution >= 4 is 39.1 Å². The molecule has 0 atom stereocenters. The second kappa shape index (κ2) is 12.5. The van der Waals surface area contributed by atoms with E-state index in [1.807, 2.05) is 42.5 Å². The van der Waals surface area contributed by atoms with Gasteiger partial charge < -0.3 is 19.7 Å². The van der Waals surface area contributed by atoms with Crippen molar-refractivity contribution in [1.82, 2.24) is 4.31 Å². The largest absolute Gasteiger partial charge is 0.495 e. The van der Waals surface area contributed by atoms with Gasteiger partial charge in [0.05, 0.1) is 29.9 Å². The number of carbonyl (C=O) groups excluding carboxylic acids is 1. The number of hydrogen-bond acceptors (Lipinski definition) is 7. The number of carbonyl (C=O) groups is 1. The van der Waals surface area contributed by atoms with Gasteiger partial charge >= 0.3 is 0 Å². The number of para-hydroxylation sites is 2. The Balaban J connectivity index is 1.39. The van der Waals surface area contributed by atoms with Crippen LogP contribution in [0.3, 0.4) is 0 Å². The molecule has 0 bridgehead atoms. The van der Waals surface area contributed by atoms with Crippen LogP contribution in [0, 0.1) is 0 Å². The maximum Gasteiger partial charge on any atom is 0.256 e. The smallest absolute Gasteiger partial charge is 0.256 e. The van der Waals surface area contributed by atoms with E-state index in [9.17, 15) is 13.2 Å². The highest BCUT2D eigenvalue weighted by Gasteiger charge is 2.29. The number of ether oxygens (including phenoxy) is 2. The molecule has 4 rings (SSSR count). The fourth-order valence-electron chi connectivity index (χ4n) is 4.13. The molecule has 0 spiro atoms. The second-order valence-electron chi connectivity index (χ2n) is 8.38. The summed E-state index contributed by atoms with van der Waals surface area (Å²) >= 11 is 1.55. The number of sulfonamides is 1. The number of nitrogens with zero attached hydrogens (tertiary/aromatic N) is 2. The highest BCUT2D eigenvalue weighted by Crippen LogP contribution is 2.30. The molecule has 0 radical (unpaired) electrons. The van der Waals surface area contributed by atoms with E-state index in [1.54, 1.807) is 44.2 Å². The Labute approximate surface area is 222 Å². The van der Waals surface area contributed by atoms with Crippen molar-refractivity contribution in [2.45, 2.75) is 9.79 Å². The van der Waals surface area contributed by atoms with Crippen LogP contribution in [0.1, 0.15) is 10.4 Å². The minimum Gasteiger partial charge on any atom is -0.495 e. The highest BCUT2D eigenvalue weighted by atomic mass is 32.2. The number of methoxy groups -OCH3 is 2. The average molecular weight is 542 g/mol. The van der Waals surface area contributed by atoms with Gasteiger partial charge in [-0.25, -0.2) is 8.42 Å². The number of piperazine rings is 1. The van der Waals surface area contributed by atoms with Gasteiger partial charge in [-0.2, -0.15) is 4.31 Å². The standard InChI is InChI=1S/C27H31N3O5S2/c1-34-19-20-36-26-10-6-3-7-23(26)27(31)28-21-11-13-22(14-12-21)37(32,33)30-17-15-29(16-18-30)24-8-4-5-9-25(24)35-2/h3-14H,15-20H2,1-2H3,(H,28,31). The Morgan fingerprint density at radius 1 is 0.919 bits per heavy atom. The number of benzene rings is 3. The maximum absolute atomic E-state index is 13.3. The second-order valence-corrected chi connectivity index (χ2v) is 11.5. The third-order valence-electron chi connectivity index (χ3n) is 6.09. The van der Waals surface area contributed by atoms with E-state index in [0.717, 1.165) is 22.1 Å². The fraction of sp³-hybridized carbons (Fsp3) is 0.296. The molecule has 0 aromatic heterocycles. The molecule has 0 saturated carbocycles. The van der Waals surface area contributed by atoms with E-state index < -0.39 is 10.0 Å². The Hall–Kier alpha value is -3.05. The summed E-state index contributed by atoms with van der Waals surface area (Å²) in [6.45, 7) is 2.46. The molecule has 1 aliphatic heterocycles. The van der Waals surface area contributed by atoms with Crippen LogP contribution in [-0.2, 0) is 14.8 Å². The van der Waals surface area contributed by atoms with Gasteiger partial charge in [-0.3, -0.25) is 4.79 Å². The van der Waals surface area contributed by atoms with Gasteiger partial charge in [0.25, 0.3) is 5.91 Å². The zero-order valence-electron chi connectivity index (χ0n) is 20.9. The van der Waals surface area contributed by atoms with E-state index in [-0.39, 0.29) is 10.8 Å². The number of thioether (sulfide) groups is 1. The summed E-state index contributed by atoms with van der Waals surface area (Å²) in [6, 6.07) is 21.4. The van der Waals surface area contributed by atoms with Crippen LogP contribution in [0.4, 0.5) is 11.4 Å². The molecular formula is C27H31N3O5S2. The summed E-state index contributed by atoms with van der Waals surface area (Å²) < 4.78 is 38.6. The van der Waals surface area contributed by atoms with E-state index in [4.69, 9.17) is 9.47 Å². The van der Waals surface area contributed by atoms with Crippen molar-refractivity contribution in [3.63, 3.8) is 0 Å². The molecule has 1 fully saturated rings. The molecule has 1 saturated heterocycles. The van der Waals surface area contributed by atoms with E-state index in [1.165, 1.54) is 16.4 Å². The quantitative estimate of drug-likeness (QED) is 0.304. The molecule has 1 aliphatic rings. The van der Waals surface area contributed by atoms with Crippen molar-refractivity contribution in [2.75, 3.05) is 63.0 Å². The summed E-state index contributed by atoms with van der Waals surface area (Å²) in [6.07, 6.45) is 0. The molecule has 196 valence electrons. The monoisotopic (exact) mass is 541 g/mol. The predicted octanol–water partition coefficient (Wildman–Crippen LogP) is 4.20. The molecule has 3 aromatic rings. The van der Waals surface area contributed by atoms with Crippen LogP contribution in [-0.4, -0.2) is 71.4 Å². The van der Waals surface area contributed by atoms with Gasteiger partial charge in [0.1, 0.15) is 5.75 Å². The molecule has 1 amide bonds. The summed E-state index contributed by atoms with van der Waals surface area (Å²) in [5.41, 5.74) is 2.05. The minimum atomic E-state index is -3.65. The van der Waals surface area contributed by atoms with E-state index in [0.29, 0.717) is 44.0 Å². The lowest BCUT2D eigenvalue weighted by molar-refractivity contribution is 0.102. The Morgan fingerprint density at radius 3 is 2.30 bits per heavy atom. The molecule has 0 aliphatic carbocycles. The van der Waals surface area contributed by atoms with E-state index >= 15 is 0 Å². The zero-order chi connectivity index (χ0) is 26.3. The van der Waals surface area contributed by atoms with Gasteiger partial charge in [-0.05, 0) is 48.5 Å². The Kier molecular flexibility index (Phi) is 9.09. The van der Waals surface area contributed by atoms with Crippen LogP contribution in [0.5, 0.6) is 5.75 Å². The third kappa shape index (κ3) is 6.45. The first-order valence-corrected chi connectivity index (χ1v) is 14.4. The van der Waals surface area contributed by atoms with Gasteiger partial charge in [0.15, 0.2) is 0 Å². The lowest BCUT2D eigenvalue weighted by Crippen LogP contribution is -2.48. The van der Waals surface area contributed by atoms with Crippen LogP contribution < -0.4 is 15.0 Å². The van der Waals surface area contributed by atoms with Crippen LogP contribution in [0.15, 0.2) is 82.6 Å². The summed E-state index contributed by atoms with van der Waals surface area (Å²) in [7, 11) is -0.377. The van der Waals surface area contributed by atoms with Crippen molar-refractivity contribution in [3.8, 4) is 5.75 Å². The average Bonchev–Trinajstić information content (AvgIpc) is 2.94. The zero-order valence-corrected chi connectivity index (χ0v) is 22.6. The number of rotatable bonds is 10. The molecule has 1 heterocycles. The van der Waals surface area contributed by atoms with Crippen LogP contribution >= 0.6 is 11.8 Å². The molecule has 0 unspecified atom stereocenters. The normalized spacial score (nSPS) is 14.4. The predicted molar refractivity (Wildman–Crippen MR) is 147 cm³/mol. The molecular weight excluding hydrogens is 510 g/mol. The third-order valence-corrected chi connectivity index (χ3v) is 9.04.